The van der Waals surface area contributed by atoms with Gasteiger partial charge in [-0.1, -0.05) is 0 Å². The molecule has 0 aliphatic carbocycles. The van der Waals surface area contributed by atoms with E-state index in [4.69, 9.17) is 9.84 Å². The number of rotatable bonds is 5. The number of allylic oxidation sites excluding steroid dienone is 1. The molecular weight excluding hydrogens is 420 g/mol. The first-order chi connectivity index (χ1) is 15.1. The molecule has 0 bridgehead atoms. The van der Waals surface area contributed by atoms with Gasteiger partial charge in [-0.25, -0.2) is 13.8 Å². The number of hydrogen-bond donors (Lipinski definition) is 3. The average Bonchev–Trinajstić information content (AvgIpc) is 3.22. The van der Waals surface area contributed by atoms with Crippen LogP contribution < -0.4 is 10.2 Å². The first kappa shape index (κ1) is 21.9. The van der Waals surface area contributed by atoms with Gasteiger partial charge in [-0.3, -0.25) is 4.79 Å². The van der Waals surface area contributed by atoms with E-state index in [9.17, 15) is 18.7 Å². The van der Waals surface area contributed by atoms with Crippen LogP contribution in [-0.4, -0.2) is 53.0 Å². The normalized spacial score (nSPS) is 19.8. The second-order valence-corrected chi connectivity index (χ2v) is 8.30. The molecule has 0 spiro atoms. The summed E-state index contributed by atoms with van der Waals surface area (Å²) < 4.78 is 33.4. The van der Waals surface area contributed by atoms with Crippen LogP contribution in [0.2, 0.25) is 0 Å². The van der Waals surface area contributed by atoms with Crippen LogP contribution in [-0.2, 0) is 9.53 Å². The number of nitrogens with zero attached hydrogens (tertiary/aromatic N) is 2. The van der Waals surface area contributed by atoms with Gasteiger partial charge in [0, 0.05) is 42.6 Å². The summed E-state index contributed by atoms with van der Waals surface area (Å²) in [7, 11) is 1.75. The van der Waals surface area contributed by atoms with Crippen LogP contribution in [0.4, 0.5) is 20.3 Å². The molecule has 2 aliphatic heterocycles. The van der Waals surface area contributed by atoms with E-state index in [0.29, 0.717) is 5.82 Å². The first-order valence-electron chi connectivity index (χ1n) is 10.0. The third kappa shape index (κ3) is 3.85. The molecule has 2 aliphatic rings. The van der Waals surface area contributed by atoms with Crippen molar-refractivity contribution in [1.82, 2.24) is 4.98 Å². The highest BCUT2D eigenvalue weighted by molar-refractivity contribution is 6.32. The predicted octanol–water partition coefficient (Wildman–Crippen LogP) is 2.70. The Kier molecular flexibility index (Phi) is 5.47. The number of carbonyl (C=O) groups excluding carboxylic acids is 1. The molecule has 1 aromatic heterocycles. The lowest BCUT2D eigenvalue weighted by Crippen LogP contribution is -2.31. The second kappa shape index (κ2) is 7.99. The minimum atomic E-state index is -1.05. The first-order valence-corrected chi connectivity index (χ1v) is 10.0. The molecule has 4 rings (SSSR count). The smallest absolute Gasteiger partial charge is 0.260 e. The number of fused-ring (bicyclic) bond motifs is 1. The number of ether oxygens (including phenoxy) is 1. The van der Waals surface area contributed by atoms with Crippen molar-refractivity contribution in [3.05, 3.63) is 65.1 Å². The van der Waals surface area contributed by atoms with E-state index in [2.05, 4.69) is 10.3 Å². The third-order valence-corrected chi connectivity index (χ3v) is 5.49. The molecule has 168 valence electrons. The van der Waals surface area contributed by atoms with Gasteiger partial charge in [0.25, 0.3) is 5.91 Å². The molecule has 1 amide bonds. The number of aliphatic hydroxyl groups is 2. The number of hydrogen-bond acceptors (Lipinski definition) is 6. The summed E-state index contributed by atoms with van der Waals surface area (Å²) in [6, 6.07) is 5.55. The minimum Gasteiger partial charge on any atom is -0.482 e. The van der Waals surface area contributed by atoms with E-state index < -0.39 is 29.2 Å². The van der Waals surface area contributed by atoms with Gasteiger partial charge < -0.3 is 25.2 Å². The van der Waals surface area contributed by atoms with Gasteiger partial charge in [-0.05, 0) is 38.1 Å². The van der Waals surface area contributed by atoms with E-state index in [0.717, 1.165) is 23.3 Å². The van der Waals surface area contributed by atoms with Crippen LogP contribution >= 0.6 is 0 Å². The van der Waals surface area contributed by atoms with Gasteiger partial charge in [0.1, 0.15) is 17.2 Å². The number of aromatic nitrogens is 1. The quantitative estimate of drug-likeness (QED) is 0.616. The lowest BCUT2D eigenvalue weighted by atomic mass is 9.93. The molecule has 3 N–H and O–H groups in total. The van der Waals surface area contributed by atoms with Crippen molar-refractivity contribution in [2.45, 2.75) is 25.6 Å². The number of anilines is 2. The van der Waals surface area contributed by atoms with Crippen LogP contribution in [0.25, 0.3) is 11.1 Å². The maximum Gasteiger partial charge on any atom is 0.260 e. The molecule has 0 radical (unpaired) electrons. The van der Waals surface area contributed by atoms with Crippen LogP contribution in [0, 0.1) is 11.6 Å². The lowest BCUT2D eigenvalue weighted by molar-refractivity contribution is -0.111. The Morgan fingerprint density at radius 2 is 1.97 bits per heavy atom. The highest BCUT2D eigenvalue weighted by Crippen LogP contribution is 2.44. The van der Waals surface area contributed by atoms with Crippen molar-refractivity contribution < 1.29 is 28.5 Å². The molecule has 0 saturated heterocycles. The summed E-state index contributed by atoms with van der Waals surface area (Å²) >= 11 is 0. The van der Waals surface area contributed by atoms with Crippen molar-refractivity contribution in [3.8, 4) is 0 Å². The Hall–Kier alpha value is -3.30. The Bertz CT molecular complexity index is 1140. The number of aliphatic hydroxyl groups excluding tert-OH is 2. The molecule has 32 heavy (non-hydrogen) atoms. The highest BCUT2D eigenvalue weighted by Gasteiger charge is 2.38. The topological polar surface area (TPSA) is 94.9 Å². The summed E-state index contributed by atoms with van der Waals surface area (Å²) in [5.74, 6) is -1.71. The van der Waals surface area contributed by atoms with Crippen molar-refractivity contribution in [1.29, 1.82) is 0 Å². The SMILES string of the molecule is CN(CC(O)CO)c1ccc(C2=CC(=C3C(=O)Nc4cc(F)c(F)cc43)OC2(C)C)cn1. The Morgan fingerprint density at radius 1 is 1.25 bits per heavy atom. The lowest BCUT2D eigenvalue weighted by Gasteiger charge is -2.24. The molecule has 0 saturated carbocycles. The van der Waals surface area contributed by atoms with E-state index in [1.54, 1.807) is 30.3 Å². The standard InChI is InChI=1S/C23H23F2N3O4/c1-23(2)15(12-4-5-20(26-9-12)28(3)10-13(30)11-29)7-19(32-23)21-14-6-16(24)17(25)8-18(14)27-22(21)31/h4-9,13,29-30H,10-11H2,1-3H3,(H,27,31). The monoisotopic (exact) mass is 443 g/mol. The number of carbonyl (C=O) groups is 1. The highest BCUT2D eigenvalue weighted by atomic mass is 19.2. The zero-order valence-corrected chi connectivity index (χ0v) is 17.8. The molecular formula is C23H23F2N3O4. The van der Waals surface area contributed by atoms with Gasteiger partial charge in [0.2, 0.25) is 0 Å². The molecule has 7 nitrogen and oxygen atoms in total. The van der Waals surface area contributed by atoms with Gasteiger partial charge in [0.05, 0.1) is 24.0 Å². The maximum atomic E-state index is 13.8. The Labute approximate surface area is 183 Å². The fraction of sp³-hybridized carbons (Fsp3) is 0.304. The average molecular weight is 443 g/mol. The van der Waals surface area contributed by atoms with Crippen molar-refractivity contribution in [2.24, 2.45) is 0 Å². The summed E-state index contributed by atoms with van der Waals surface area (Å²) in [5, 5.41) is 21.2. The van der Waals surface area contributed by atoms with E-state index in [1.807, 2.05) is 19.9 Å². The molecule has 1 aromatic carbocycles. The van der Waals surface area contributed by atoms with E-state index in [-0.39, 0.29) is 35.7 Å². The van der Waals surface area contributed by atoms with Crippen LogP contribution in [0.15, 0.2) is 42.3 Å². The number of amides is 1. The maximum absolute atomic E-state index is 13.8. The summed E-state index contributed by atoms with van der Waals surface area (Å²) in [4.78, 5) is 18.7. The van der Waals surface area contributed by atoms with Crippen molar-refractivity contribution in [2.75, 3.05) is 30.4 Å². The zero-order valence-electron chi connectivity index (χ0n) is 17.8. The molecule has 2 aromatic rings. The van der Waals surface area contributed by atoms with Gasteiger partial charge >= 0.3 is 0 Å². The second-order valence-electron chi connectivity index (χ2n) is 8.30. The molecule has 9 heteroatoms. The zero-order chi connectivity index (χ0) is 23.2. The van der Waals surface area contributed by atoms with Crippen molar-refractivity contribution >= 4 is 28.6 Å². The number of likely N-dealkylation sites (N-methyl/N-ethyl adjacent to an activating group) is 1. The summed E-state index contributed by atoms with van der Waals surface area (Å²) in [6.45, 7) is 3.56. The van der Waals surface area contributed by atoms with Crippen molar-refractivity contribution in [3.63, 3.8) is 0 Å². The number of nitrogens with one attached hydrogen (secondary N) is 1. The number of benzene rings is 1. The van der Waals surface area contributed by atoms with Gasteiger partial charge in [-0.15, -0.1) is 0 Å². The number of pyridine rings is 1. The predicted molar refractivity (Wildman–Crippen MR) is 116 cm³/mol. The Balaban J connectivity index is 1.70. The molecule has 3 heterocycles. The largest absolute Gasteiger partial charge is 0.482 e. The molecule has 0 fully saturated rings. The van der Waals surface area contributed by atoms with Crippen LogP contribution in [0.1, 0.15) is 25.0 Å². The van der Waals surface area contributed by atoms with E-state index >= 15 is 0 Å². The minimum absolute atomic E-state index is 0.143. The summed E-state index contributed by atoms with van der Waals surface area (Å²) in [5.41, 5.74) is 1.31. The van der Waals surface area contributed by atoms with E-state index in [1.165, 1.54) is 0 Å². The molecule has 1 atom stereocenters. The fourth-order valence-electron chi connectivity index (χ4n) is 3.87. The van der Waals surface area contributed by atoms with Crippen LogP contribution in [0.5, 0.6) is 0 Å². The Morgan fingerprint density at radius 3 is 2.62 bits per heavy atom. The number of halogens is 2. The summed E-state index contributed by atoms with van der Waals surface area (Å²) in [6.07, 6.45) is 2.49. The van der Waals surface area contributed by atoms with Gasteiger partial charge in [-0.2, -0.15) is 0 Å². The van der Waals surface area contributed by atoms with Gasteiger partial charge in [0.15, 0.2) is 11.6 Å². The third-order valence-electron chi connectivity index (χ3n) is 5.49. The van der Waals surface area contributed by atoms with Crippen LogP contribution in [0.3, 0.4) is 0 Å². The fourth-order valence-corrected chi connectivity index (χ4v) is 3.87. The molecule has 1 unspecified atom stereocenters.